The van der Waals surface area contributed by atoms with Gasteiger partial charge in [0.05, 0.1) is 11.9 Å². The van der Waals surface area contributed by atoms with Crippen LogP contribution in [0, 0.1) is 6.92 Å². The molecule has 0 aliphatic carbocycles. The number of piperazine rings is 1. The minimum absolute atomic E-state index is 0.121. The first-order valence-electron chi connectivity index (χ1n) is 11.7. The van der Waals surface area contributed by atoms with Gasteiger partial charge in [-0.1, -0.05) is 24.3 Å². The number of hydrogen-bond donors (Lipinski definition) is 1. The number of benzene rings is 2. The number of rotatable bonds is 8. The van der Waals surface area contributed by atoms with Gasteiger partial charge in [-0.3, -0.25) is 9.79 Å². The van der Waals surface area contributed by atoms with Gasteiger partial charge >= 0.3 is 0 Å². The molecule has 35 heavy (non-hydrogen) atoms. The molecule has 2 heterocycles. The largest absolute Gasteiger partial charge is 0.369 e. The fourth-order valence-electron chi connectivity index (χ4n) is 4.14. The summed E-state index contributed by atoms with van der Waals surface area (Å²) in [5, 5.41) is 2.91. The van der Waals surface area contributed by atoms with E-state index in [0.717, 1.165) is 66.5 Å². The van der Waals surface area contributed by atoms with Gasteiger partial charge in [-0.2, -0.15) is 0 Å². The molecule has 1 aliphatic rings. The van der Waals surface area contributed by atoms with Gasteiger partial charge in [0, 0.05) is 79.1 Å². The second kappa shape index (κ2) is 11.6. The summed E-state index contributed by atoms with van der Waals surface area (Å²) in [6.45, 7) is 10.1. The molecule has 8 heteroatoms. The summed E-state index contributed by atoms with van der Waals surface area (Å²) in [5.74, 6) is 0.852. The topological polar surface area (TPSA) is 65.8 Å². The van der Waals surface area contributed by atoms with E-state index in [4.69, 9.17) is 0 Å². The lowest BCUT2D eigenvalue weighted by Gasteiger charge is -2.33. The smallest absolute Gasteiger partial charge is 0.252 e. The predicted octanol–water partition coefficient (Wildman–Crippen LogP) is 4.40. The zero-order chi connectivity index (χ0) is 24.8. The van der Waals surface area contributed by atoms with E-state index >= 15 is 0 Å². The number of imidazole rings is 1. The lowest BCUT2D eigenvalue weighted by atomic mass is 10.0. The highest BCUT2D eigenvalue weighted by atomic mass is 127. The molecule has 0 atom stereocenters. The average Bonchev–Trinajstić information content (AvgIpc) is 3.21. The SMILES string of the molecule is C=CCc1cc(-c2cnc(C)n2C)ccc1/C=N\CNC(=O)c1cccc(N2CCN(I)CC2)c1. The first-order chi connectivity index (χ1) is 17.0. The van der Waals surface area contributed by atoms with E-state index in [1.165, 1.54) is 0 Å². The van der Waals surface area contributed by atoms with E-state index in [1.54, 1.807) is 0 Å². The van der Waals surface area contributed by atoms with Crippen molar-refractivity contribution < 1.29 is 4.79 Å². The zero-order valence-corrected chi connectivity index (χ0v) is 22.4. The molecule has 1 saturated heterocycles. The maximum atomic E-state index is 12.7. The third-order valence-electron chi connectivity index (χ3n) is 6.28. The molecule has 1 fully saturated rings. The fraction of sp³-hybridized carbons (Fsp3) is 0.296. The maximum absolute atomic E-state index is 12.7. The first kappa shape index (κ1) is 25.1. The summed E-state index contributed by atoms with van der Waals surface area (Å²) >= 11 is 2.36. The van der Waals surface area contributed by atoms with Crippen molar-refractivity contribution in [3.05, 3.63) is 83.8 Å². The van der Waals surface area contributed by atoms with Crippen molar-refractivity contribution in [2.45, 2.75) is 13.3 Å². The monoisotopic (exact) mass is 582 g/mol. The van der Waals surface area contributed by atoms with E-state index in [2.05, 4.69) is 81.6 Å². The van der Waals surface area contributed by atoms with Crippen LogP contribution in [-0.2, 0) is 13.5 Å². The molecule has 1 aliphatic heterocycles. The number of hydrogen-bond acceptors (Lipinski definition) is 5. The van der Waals surface area contributed by atoms with Gasteiger partial charge in [0.15, 0.2) is 0 Å². The van der Waals surface area contributed by atoms with Crippen LogP contribution in [0.1, 0.15) is 27.3 Å². The molecule has 3 aromatic rings. The number of allylic oxidation sites excluding steroid dienone is 1. The van der Waals surface area contributed by atoms with Crippen LogP contribution in [0.4, 0.5) is 5.69 Å². The Morgan fingerprint density at radius 2 is 2.00 bits per heavy atom. The van der Waals surface area contributed by atoms with Crippen LogP contribution in [0.25, 0.3) is 11.3 Å². The quantitative estimate of drug-likeness (QED) is 0.185. The number of halogens is 1. The number of aromatic nitrogens is 2. The van der Waals surface area contributed by atoms with Crippen molar-refractivity contribution in [2.24, 2.45) is 12.0 Å². The molecule has 7 nitrogen and oxygen atoms in total. The molecule has 1 amide bonds. The predicted molar refractivity (Wildman–Crippen MR) is 151 cm³/mol. The number of nitrogens with zero attached hydrogens (tertiary/aromatic N) is 5. The molecule has 1 N–H and O–H groups in total. The van der Waals surface area contributed by atoms with Crippen molar-refractivity contribution in [1.82, 2.24) is 18.0 Å². The fourth-order valence-corrected chi connectivity index (χ4v) is 4.57. The second-order valence-corrected chi connectivity index (χ2v) is 9.94. The highest BCUT2D eigenvalue weighted by Crippen LogP contribution is 2.23. The number of amides is 1. The Bertz CT molecular complexity index is 1230. The van der Waals surface area contributed by atoms with Crippen molar-refractivity contribution in [3.8, 4) is 11.3 Å². The highest BCUT2D eigenvalue weighted by Gasteiger charge is 2.16. The third-order valence-corrected chi connectivity index (χ3v) is 7.25. The molecule has 0 bridgehead atoms. The molecule has 0 unspecified atom stereocenters. The number of carbonyl (C=O) groups is 1. The van der Waals surface area contributed by atoms with Crippen LogP contribution < -0.4 is 10.2 Å². The Balaban J connectivity index is 1.39. The summed E-state index contributed by atoms with van der Waals surface area (Å²) < 4.78 is 4.37. The van der Waals surface area contributed by atoms with Crippen molar-refractivity contribution in [3.63, 3.8) is 0 Å². The van der Waals surface area contributed by atoms with Crippen LogP contribution in [0.15, 0.2) is 66.3 Å². The van der Waals surface area contributed by atoms with Crippen molar-refractivity contribution in [2.75, 3.05) is 37.7 Å². The molecule has 182 valence electrons. The van der Waals surface area contributed by atoms with Crippen LogP contribution in [0.2, 0.25) is 0 Å². The average molecular weight is 582 g/mol. The summed E-state index contributed by atoms with van der Waals surface area (Å²) in [4.78, 5) is 23.9. The summed E-state index contributed by atoms with van der Waals surface area (Å²) in [5.41, 5.74) is 6.06. The zero-order valence-electron chi connectivity index (χ0n) is 20.2. The minimum Gasteiger partial charge on any atom is -0.369 e. The molecular formula is C27H31IN6O. The first-order valence-corrected chi connectivity index (χ1v) is 12.7. The van der Waals surface area contributed by atoms with Gasteiger partial charge in [0.1, 0.15) is 12.5 Å². The molecule has 0 saturated carbocycles. The lowest BCUT2D eigenvalue weighted by Crippen LogP contribution is -2.42. The third kappa shape index (κ3) is 6.18. The Kier molecular flexibility index (Phi) is 8.35. The van der Waals surface area contributed by atoms with E-state index in [-0.39, 0.29) is 12.6 Å². The number of nitrogens with one attached hydrogen (secondary N) is 1. The van der Waals surface area contributed by atoms with Gasteiger partial charge in [-0.15, -0.1) is 6.58 Å². The Labute approximate surface area is 221 Å². The van der Waals surface area contributed by atoms with E-state index < -0.39 is 0 Å². The van der Waals surface area contributed by atoms with Gasteiger partial charge in [-0.25, -0.2) is 8.10 Å². The van der Waals surface area contributed by atoms with Gasteiger partial charge in [0.25, 0.3) is 5.91 Å². The summed E-state index contributed by atoms with van der Waals surface area (Å²) in [6.07, 6.45) is 6.33. The van der Waals surface area contributed by atoms with Crippen LogP contribution >= 0.6 is 22.9 Å². The van der Waals surface area contributed by atoms with E-state index in [0.29, 0.717) is 5.56 Å². The van der Waals surface area contributed by atoms with Crippen molar-refractivity contribution in [1.29, 1.82) is 0 Å². The molecule has 4 rings (SSSR count). The van der Waals surface area contributed by atoms with Crippen LogP contribution in [0.3, 0.4) is 0 Å². The lowest BCUT2D eigenvalue weighted by molar-refractivity contribution is 0.0955. The minimum atomic E-state index is -0.121. The van der Waals surface area contributed by atoms with Crippen LogP contribution in [0.5, 0.6) is 0 Å². The Hall–Kier alpha value is -2.98. The highest BCUT2D eigenvalue weighted by molar-refractivity contribution is 14.1. The Morgan fingerprint density at radius 1 is 1.20 bits per heavy atom. The molecule has 2 aromatic carbocycles. The number of anilines is 1. The van der Waals surface area contributed by atoms with Gasteiger partial charge in [-0.05, 0) is 48.7 Å². The van der Waals surface area contributed by atoms with E-state index in [1.807, 2.05) is 50.7 Å². The van der Waals surface area contributed by atoms with Gasteiger partial charge < -0.3 is 14.8 Å². The van der Waals surface area contributed by atoms with E-state index in [9.17, 15) is 4.79 Å². The summed E-state index contributed by atoms with van der Waals surface area (Å²) in [6, 6.07) is 14.1. The maximum Gasteiger partial charge on any atom is 0.252 e. The van der Waals surface area contributed by atoms with Gasteiger partial charge in [0.2, 0.25) is 0 Å². The Morgan fingerprint density at radius 3 is 2.71 bits per heavy atom. The molecular weight excluding hydrogens is 551 g/mol. The number of carbonyl (C=O) groups excluding carboxylic acids is 1. The number of aryl methyl sites for hydroxylation is 1. The van der Waals surface area contributed by atoms with Crippen LogP contribution in [-0.4, -0.2) is 57.6 Å². The standard InChI is InChI=1S/C27H31IN6O/c1-4-6-21-15-22(26-18-30-20(2)32(26)3)9-10-24(21)17-29-19-31-27(35)23-7-5-8-25(16-23)33-11-13-34(28)14-12-33/h4-5,7-10,15-18H,1,6,11-14,19H2,2-3H3,(H,31,35)/b29-17-. The summed E-state index contributed by atoms with van der Waals surface area (Å²) in [7, 11) is 2.02. The molecule has 1 aromatic heterocycles. The molecule has 0 spiro atoms. The van der Waals surface area contributed by atoms with Crippen molar-refractivity contribution >= 4 is 40.7 Å². The normalized spacial score (nSPS) is 14.4. The molecule has 0 radical (unpaired) electrons. The second-order valence-electron chi connectivity index (χ2n) is 8.58. The number of aliphatic imine (C=N–C) groups is 1.